The molecule has 9 heteroatoms. The molecule has 1 aromatic heterocycles. The van der Waals surface area contributed by atoms with Gasteiger partial charge in [-0.2, -0.15) is 9.78 Å². The Morgan fingerprint density at radius 2 is 1.86 bits per heavy atom. The van der Waals surface area contributed by atoms with Crippen LogP contribution in [0.5, 0.6) is 0 Å². The molecule has 0 saturated heterocycles. The van der Waals surface area contributed by atoms with Crippen LogP contribution in [-0.2, 0) is 16.1 Å². The van der Waals surface area contributed by atoms with Crippen molar-refractivity contribution in [1.82, 2.24) is 15.1 Å². The molecular formula is C28H34ClN5O3. The number of benzene rings is 2. The van der Waals surface area contributed by atoms with Crippen molar-refractivity contribution in [2.75, 3.05) is 13.1 Å². The van der Waals surface area contributed by atoms with E-state index in [-0.39, 0.29) is 12.5 Å². The van der Waals surface area contributed by atoms with Crippen LogP contribution in [0.2, 0.25) is 5.02 Å². The van der Waals surface area contributed by atoms with E-state index >= 15 is 0 Å². The number of aliphatic hydroxyl groups excluding tert-OH is 1. The summed E-state index contributed by atoms with van der Waals surface area (Å²) in [4.78, 5) is 9.22. The van der Waals surface area contributed by atoms with Crippen LogP contribution in [-0.4, -0.2) is 52.2 Å². The van der Waals surface area contributed by atoms with Crippen molar-refractivity contribution in [3.8, 4) is 11.3 Å². The standard InChI is InChI=1S/C28H34ClN5O3/c1-19-15-30-26(31-16-19)34-24(14-23(33-34)21-10-12-22(29)13-11-21)25(17-32-27(35)37-28(2,3)4)36-18-20-8-6-5-7-9-20/h5-15,19,25,27,32,35H,16-18H2,1-4H3. The van der Waals surface area contributed by atoms with E-state index in [1.807, 2.05) is 87.6 Å². The minimum Gasteiger partial charge on any atom is -0.366 e. The van der Waals surface area contributed by atoms with E-state index in [9.17, 15) is 5.11 Å². The number of rotatable bonds is 9. The molecule has 37 heavy (non-hydrogen) atoms. The van der Waals surface area contributed by atoms with Crippen molar-refractivity contribution in [1.29, 1.82) is 0 Å². The summed E-state index contributed by atoms with van der Waals surface area (Å²) in [6, 6.07) is 19.4. The first-order valence-electron chi connectivity index (χ1n) is 12.4. The van der Waals surface area contributed by atoms with Gasteiger partial charge in [-0.25, -0.2) is 9.98 Å². The van der Waals surface area contributed by atoms with Gasteiger partial charge in [0.1, 0.15) is 6.10 Å². The molecule has 3 atom stereocenters. The SMILES string of the molecule is CC1C=NC(n2nc(-c3ccc(Cl)cc3)cc2C(CNC(O)OC(C)(C)C)OCc2ccccc2)=NC1. The molecule has 0 aliphatic carbocycles. The Kier molecular flexibility index (Phi) is 8.89. The maximum Gasteiger partial charge on any atom is 0.245 e. The van der Waals surface area contributed by atoms with Gasteiger partial charge in [0.2, 0.25) is 12.4 Å². The molecule has 2 N–H and O–H groups in total. The predicted molar refractivity (Wildman–Crippen MR) is 147 cm³/mol. The van der Waals surface area contributed by atoms with Crippen molar-refractivity contribution in [3.63, 3.8) is 0 Å². The molecule has 8 nitrogen and oxygen atoms in total. The Hall–Kier alpha value is -2.88. The summed E-state index contributed by atoms with van der Waals surface area (Å²) in [5.41, 5.74) is 2.91. The number of nitrogens with zero attached hydrogens (tertiary/aromatic N) is 4. The third kappa shape index (κ3) is 7.80. The highest BCUT2D eigenvalue weighted by molar-refractivity contribution is 6.30. The second kappa shape index (κ2) is 12.1. The van der Waals surface area contributed by atoms with Crippen molar-refractivity contribution in [2.45, 2.75) is 52.4 Å². The number of aromatic nitrogens is 2. The van der Waals surface area contributed by atoms with Crippen LogP contribution in [0, 0.1) is 5.92 Å². The fourth-order valence-corrected chi connectivity index (χ4v) is 3.91. The predicted octanol–water partition coefficient (Wildman–Crippen LogP) is 5.07. The topological polar surface area (TPSA) is 93.3 Å². The zero-order valence-electron chi connectivity index (χ0n) is 21.6. The van der Waals surface area contributed by atoms with Gasteiger partial charge in [-0.3, -0.25) is 5.32 Å². The molecule has 4 rings (SSSR count). The summed E-state index contributed by atoms with van der Waals surface area (Å²) in [5, 5.41) is 19.0. The monoisotopic (exact) mass is 523 g/mol. The van der Waals surface area contributed by atoms with E-state index in [4.69, 9.17) is 26.2 Å². The lowest BCUT2D eigenvalue weighted by atomic mass is 10.1. The number of hydrogen-bond acceptors (Lipinski definition) is 7. The molecule has 1 aliphatic heterocycles. The number of ether oxygens (including phenoxy) is 2. The highest BCUT2D eigenvalue weighted by Crippen LogP contribution is 2.27. The third-order valence-electron chi connectivity index (χ3n) is 5.60. The first-order valence-corrected chi connectivity index (χ1v) is 12.8. The molecule has 0 radical (unpaired) electrons. The minimum atomic E-state index is -1.17. The van der Waals surface area contributed by atoms with Crippen LogP contribution in [0.1, 0.15) is 45.1 Å². The number of nitrogens with one attached hydrogen (secondary N) is 1. The summed E-state index contributed by atoms with van der Waals surface area (Å²) >= 11 is 6.11. The van der Waals surface area contributed by atoms with Crippen LogP contribution in [0.4, 0.5) is 0 Å². The van der Waals surface area contributed by atoms with Crippen molar-refractivity contribution < 1.29 is 14.6 Å². The minimum absolute atomic E-state index is 0.259. The van der Waals surface area contributed by atoms with Crippen LogP contribution >= 0.6 is 11.6 Å². The molecule has 0 spiro atoms. The summed E-state index contributed by atoms with van der Waals surface area (Å²) in [7, 11) is 0. The van der Waals surface area contributed by atoms with Gasteiger partial charge in [0, 0.05) is 29.3 Å². The lowest BCUT2D eigenvalue weighted by molar-refractivity contribution is -0.184. The smallest absolute Gasteiger partial charge is 0.245 e. The second-order valence-electron chi connectivity index (χ2n) is 10.0. The fraction of sp³-hybridized carbons (Fsp3) is 0.393. The molecule has 0 saturated carbocycles. The zero-order valence-corrected chi connectivity index (χ0v) is 22.4. The lowest BCUT2D eigenvalue weighted by Crippen LogP contribution is -2.40. The van der Waals surface area contributed by atoms with Gasteiger partial charge in [0.15, 0.2) is 0 Å². The Bertz CT molecular complexity index is 1220. The molecule has 3 aromatic rings. The number of aliphatic hydroxyl groups is 1. The maximum absolute atomic E-state index is 10.5. The average Bonchev–Trinajstić information content (AvgIpc) is 3.30. The number of halogens is 1. The van der Waals surface area contributed by atoms with Crippen LogP contribution < -0.4 is 5.32 Å². The first kappa shape index (κ1) is 27.2. The van der Waals surface area contributed by atoms with E-state index in [0.717, 1.165) is 22.5 Å². The second-order valence-corrected chi connectivity index (χ2v) is 10.5. The largest absolute Gasteiger partial charge is 0.366 e. The number of aliphatic imine (C=N–C) groups is 2. The Morgan fingerprint density at radius 3 is 2.51 bits per heavy atom. The number of hydrogen-bond donors (Lipinski definition) is 2. The quantitative estimate of drug-likeness (QED) is 0.382. The molecule has 0 bridgehead atoms. The van der Waals surface area contributed by atoms with E-state index in [1.165, 1.54) is 0 Å². The van der Waals surface area contributed by atoms with Crippen LogP contribution in [0.3, 0.4) is 0 Å². The van der Waals surface area contributed by atoms with Gasteiger partial charge in [-0.1, -0.05) is 61.0 Å². The van der Waals surface area contributed by atoms with Crippen LogP contribution in [0.15, 0.2) is 70.6 Å². The normalized spacial score (nSPS) is 17.5. The van der Waals surface area contributed by atoms with Gasteiger partial charge in [0.05, 0.1) is 30.1 Å². The molecule has 0 amide bonds. The molecule has 1 aliphatic rings. The van der Waals surface area contributed by atoms with E-state index in [1.54, 1.807) is 4.68 Å². The maximum atomic E-state index is 10.5. The van der Waals surface area contributed by atoms with Crippen molar-refractivity contribution >= 4 is 23.8 Å². The average molecular weight is 524 g/mol. The Morgan fingerprint density at radius 1 is 1.14 bits per heavy atom. The summed E-state index contributed by atoms with van der Waals surface area (Å²) < 4.78 is 13.8. The van der Waals surface area contributed by atoms with Crippen molar-refractivity contribution in [3.05, 3.63) is 76.9 Å². The van der Waals surface area contributed by atoms with Gasteiger partial charge < -0.3 is 14.6 Å². The highest BCUT2D eigenvalue weighted by Gasteiger charge is 2.25. The van der Waals surface area contributed by atoms with E-state index < -0.39 is 18.1 Å². The van der Waals surface area contributed by atoms with Crippen molar-refractivity contribution in [2.24, 2.45) is 15.9 Å². The lowest BCUT2D eigenvalue weighted by Gasteiger charge is -2.26. The van der Waals surface area contributed by atoms with E-state index in [2.05, 4.69) is 22.2 Å². The van der Waals surface area contributed by atoms with E-state index in [0.29, 0.717) is 24.1 Å². The Labute approximate surface area is 223 Å². The summed E-state index contributed by atoms with van der Waals surface area (Å²) in [6.45, 7) is 8.99. The van der Waals surface area contributed by atoms with Gasteiger partial charge in [-0.05, 0) is 44.5 Å². The fourth-order valence-electron chi connectivity index (χ4n) is 3.78. The molecule has 2 aromatic carbocycles. The zero-order chi connectivity index (χ0) is 26.4. The summed E-state index contributed by atoms with van der Waals surface area (Å²) in [6.07, 6.45) is 0.222. The molecule has 3 unspecified atom stereocenters. The van der Waals surface area contributed by atoms with Gasteiger partial charge in [0.25, 0.3) is 0 Å². The molecule has 196 valence electrons. The van der Waals surface area contributed by atoms with Gasteiger partial charge in [-0.15, -0.1) is 0 Å². The first-order chi connectivity index (χ1) is 17.7. The van der Waals surface area contributed by atoms with Gasteiger partial charge >= 0.3 is 0 Å². The molecular weight excluding hydrogens is 490 g/mol. The molecule has 2 heterocycles. The highest BCUT2D eigenvalue weighted by atomic mass is 35.5. The third-order valence-corrected chi connectivity index (χ3v) is 5.85. The molecule has 0 fully saturated rings. The Balaban J connectivity index is 1.68. The summed E-state index contributed by atoms with van der Waals surface area (Å²) in [5.74, 6) is 0.753. The van der Waals surface area contributed by atoms with Crippen LogP contribution in [0.25, 0.3) is 11.3 Å².